The van der Waals surface area contributed by atoms with E-state index < -0.39 is 0 Å². The van der Waals surface area contributed by atoms with E-state index in [9.17, 15) is 0 Å². The van der Waals surface area contributed by atoms with Crippen LogP contribution in [0.15, 0.2) is 6.20 Å². The van der Waals surface area contributed by atoms with E-state index in [1.807, 2.05) is 6.92 Å². The summed E-state index contributed by atoms with van der Waals surface area (Å²) in [4.78, 5) is 8.86. The maximum Gasteiger partial charge on any atom is 0.140 e. The molecule has 1 fully saturated rings. The first-order valence-electron chi connectivity index (χ1n) is 5.98. The van der Waals surface area contributed by atoms with Gasteiger partial charge in [0.1, 0.15) is 16.6 Å². The van der Waals surface area contributed by atoms with Crippen LogP contribution in [0.3, 0.4) is 0 Å². The van der Waals surface area contributed by atoms with Gasteiger partial charge in [0.05, 0.1) is 5.56 Å². The molecule has 5 heteroatoms. The topological polar surface area (TPSA) is 63.8 Å². The number of aromatic nitrogens is 2. The molecule has 0 bridgehead atoms. The highest BCUT2D eigenvalue weighted by Crippen LogP contribution is 2.31. The first kappa shape index (κ1) is 12.2. The molecular weight excluding hydrogens is 232 g/mol. The third kappa shape index (κ3) is 2.72. The highest BCUT2D eigenvalue weighted by atomic mass is 32.1. The number of hydrogen-bond donors (Lipinski definition) is 2. The predicted molar refractivity (Wildman–Crippen MR) is 73.1 cm³/mol. The number of aryl methyl sites for hydroxylation is 1. The predicted octanol–water partition coefficient (Wildman–Crippen LogP) is 2.02. The average Bonchev–Trinajstić information content (AvgIpc) is 2.13. The van der Waals surface area contributed by atoms with Crippen LogP contribution in [0.25, 0.3) is 0 Å². The minimum atomic E-state index is 0.341. The molecule has 0 aromatic carbocycles. The van der Waals surface area contributed by atoms with Gasteiger partial charge in [-0.25, -0.2) is 9.97 Å². The van der Waals surface area contributed by atoms with Gasteiger partial charge in [-0.3, -0.25) is 0 Å². The van der Waals surface area contributed by atoms with E-state index in [0.717, 1.165) is 23.1 Å². The molecule has 0 aliphatic heterocycles. The van der Waals surface area contributed by atoms with Crippen molar-refractivity contribution in [3.63, 3.8) is 0 Å². The Morgan fingerprint density at radius 3 is 2.82 bits per heavy atom. The number of nitrogens with zero attached hydrogens (tertiary/aromatic N) is 2. The van der Waals surface area contributed by atoms with Crippen LogP contribution >= 0.6 is 12.2 Å². The molecule has 0 radical (unpaired) electrons. The van der Waals surface area contributed by atoms with E-state index in [1.165, 1.54) is 19.3 Å². The van der Waals surface area contributed by atoms with Crippen molar-refractivity contribution < 1.29 is 0 Å². The van der Waals surface area contributed by atoms with Gasteiger partial charge >= 0.3 is 0 Å². The molecule has 0 saturated heterocycles. The number of thiocarbonyl (C=S) groups is 1. The summed E-state index contributed by atoms with van der Waals surface area (Å²) in [7, 11) is 0. The lowest BCUT2D eigenvalue weighted by Gasteiger charge is -2.32. The normalized spacial score (nSPS) is 17.3. The highest BCUT2D eigenvalue weighted by Gasteiger charge is 2.24. The quantitative estimate of drug-likeness (QED) is 0.800. The molecule has 92 valence electrons. The lowest BCUT2D eigenvalue weighted by Crippen LogP contribution is -2.32. The van der Waals surface area contributed by atoms with Crippen molar-refractivity contribution in [1.82, 2.24) is 9.97 Å². The molecule has 1 heterocycles. The van der Waals surface area contributed by atoms with Crippen molar-refractivity contribution in [2.75, 3.05) is 5.32 Å². The summed E-state index contributed by atoms with van der Waals surface area (Å²) in [5.74, 6) is 2.24. The Hall–Kier alpha value is -1.23. The summed E-state index contributed by atoms with van der Waals surface area (Å²) < 4.78 is 0. The summed E-state index contributed by atoms with van der Waals surface area (Å²) in [6, 6.07) is 0.408. The van der Waals surface area contributed by atoms with E-state index in [-0.39, 0.29) is 0 Å². The SMILES string of the molecule is Cc1ncc(C(N)=S)c(NC(C)C2CCC2)n1. The monoisotopic (exact) mass is 250 g/mol. The molecule has 17 heavy (non-hydrogen) atoms. The second-order valence-corrected chi connectivity index (χ2v) is 5.11. The van der Waals surface area contributed by atoms with E-state index in [4.69, 9.17) is 18.0 Å². The summed E-state index contributed by atoms with van der Waals surface area (Å²) in [5, 5.41) is 3.42. The van der Waals surface area contributed by atoms with E-state index in [1.54, 1.807) is 6.20 Å². The Bertz CT molecular complexity index is 429. The number of nitrogens with one attached hydrogen (secondary N) is 1. The van der Waals surface area contributed by atoms with Crippen LogP contribution in [0.5, 0.6) is 0 Å². The molecule has 4 nitrogen and oxygen atoms in total. The van der Waals surface area contributed by atoms with Crippen LogP contribution in [-0.4, -0.2) is 21.0 Å². The van der Waals surface area contributed by atoms with Crippen molar-refractivity contribution in [3.8, 4) is 0 Å². The number of rotatable bonds is 4. The average molecular weight is 250 g/mol. The summed E-state index contributed by atoms with van der Waals surface area (Å²) in [6.45, 7) is 4.05. The van der Waals surface area contributed by atoms with Crippen LogP contribution in [0, 0.1) is 12.8 Å². The fourth-order valence-corrected chi connectivity index (χ4v) is 2.18. The van der Waals surface area contributed by atoms with E-state index in [2.05, 4.69) is 22.2 Å². The molecule has 0 spiro atoms. The Kier molecular flexibility index (Phi) is 3.57. The van der Waals surface area contributed by atoms with Gasteiger partial charge in [0.25, 0.3) is 0 Å². The molecule has 1 atom stereocenters. The van der Waals surface area contributed by atoms with Crippen molar-refractivity contribution in [2.45, 2.75) is 39.2 Å². The Morgan fingerprint density at radius 1 is 1.59 bits per heavy atom. The van der Waals surface area contributed by atoms with Crippen LogP contribution < -0.4 is 11.1 Å². The Balaban J connectivity index is 2.17. The van der Waals surface area contributed by atoms with Gasteiger partial charge in [0, 0.05) is 12.2 Å². The third-order valence-electron chi connectivity index (χ3n) is 3.40. The first-order valence-corrected chi connectivity index (χ1v) is 6.38. The van der Waals surface area contributed by atoms with Crippen molar-refractivity contribution in [3.05, 3.63) is 17.6 Å². The molecule has 2 rings (SSSR count). The number of hydrogen-bond acceptors (Lipinski definition) is 4. The molecule has 1 aliphatic carbocycles. The van der Waals surface area contributed by atoms with Gasteiger partial charge in [-0.05, 0) is 32.6 Å². The molecule has 1 aromatic heterocycles. The summed E-state index contributed by atoms with van der Waals surface area (Å²) >= 11 is 5.01. The van der Waals surface area contributed by atoms with Crippen molar-refractivity contribution in [1.29, 1.82) is 0 Å². The second kappa shape index (κ2) is 4.96. The maximum atomic E-state index is 5.67. The minimum absolute atomic E-state index is 0.341. The van der Waals surface area contributed by atoms with Gasteiger partial charge in [0.2, 0.25) is 0 Å². The molecular formula is C12H18N4S. The fraction of sp³-hybridized carbons (Fsp3) is 0.583. The zero-order valence-corrected chi connectivity index (χ0v) is 11.0. The Morgan fingerprint density at radius 2 is 2.29 bits per heavy atom. The van der Waals surface area contributed by atoms with E-state index in [0.29, 0.717) is 11.0 Å². The largest absolute Gasteiger partial charge is 0.389 e. The second-order valence-electron chi connectivity index (χ2n) is 4.67. The molecule has 3 N–H and O–H groups in total. The smallest absolute Gasteiger partial charge is 0.140 e. The molecule has 0 amide bonds. The molecule has 1 saturated carbocycles. The van der Waals surface area contributed by atoms with Crippen LogP contribution in [0.4, 0.5) is 5.82 Å². The molecule has 1 aliphatic rings. The van der Waals surface area contributed by atoms with Gasteiger partial charge in [-0.15, -0.1) is 0 Å². The number of nitrogens with two attached hydrogens (primary N) is 1. The fourth-order valence-electron chi connectivity index (χ4n) is 2.03. The highest BCUT2D eigenvalue weighted by molar-refractivity contribution is 7.80. The lowest BCUT2D eigenvalue weighted by atomic mass is 9.80. The van der Waals surface area contributed by atoms with Gasteiger partial charge in [-0.1, -0.05) is 18.6 Å². The summed E-state index contributed by atoms with van der Waals surface area (Å²) in [6.07, 6.45) is 5.61. The number of anilines is 1. The van der Waals surface area contributed by atoms with Crippen molar-refractivity contribution >= 4 is 23.0 Å². The Labute approximate surface area is 107 Å². The zero-order chi connectivity index (χ0) is 12.4. The standard InChI is InChI=1S/C12H18N4S/c1-7(9-4-3-5-9)15-12-10(11(13)17)6-14-8(2)16-12/h6-7,9H,3-5H2,1-2H3,(H2,13,17)(H,14,15,16). The van der Waals surface area contributed by atoms with Gasteiger partial charge < -0.3 is 11.1 Å². The third-order valence-corrected chi connectivity index (χ3v) is 3.62. The zero-order valence-electron chi connectivity index (χ0n) is 10.2. The minimum Gasteiger partial charge on any atom is -0.389 e. The van der Waals surface area contributed by atoms with Crippen molar-refractivity contribution in [2.24, 2.45) is 11.7 Å². The van der Waals surface area contributed by atoms with Crippen LogP contribution in [-0.2, 0) is 0 Å². The molecule has 1 unspecified atom stereocenters. The van der Waals surface area contributed by atoms with Crippen LogP contribution in [0.2, 0.25) is 0 Å². The lowest BCUT2D eigenvalue weighted by molar-refractivity contribution is 0.285. The first-order chi connectivity index (χ1) is 8.08. The maximum absolute atomic E-state index is 5.67. The van der Waals surface area contributed by atoms with E-state index >= 15 is 0 Å². The van der Waals surface area contributed by atoms with Gasteiger partial charge in [-0.2, -0.15) is 0 Å². The molecule has 1 aromatic rings. The summed E-state index contributed by atoms with van der Waals surface area (Å²) in [5.41, 5.74) is 6.41. The van der Waals surface area contributed by atoms with Gasteiger partial charge in [0.15, 0.2) is 0 Å². The van der Waals surface area contributed by atoms with Crippen LogP contribution in [0.1, 0.15) is 37.6 Å².